The van der Waals surface area contributed by atoms with Gasteiger partial charge in [-0.05, 0) is 23.8 Å². The Morgan fingerprint density at radius 1 is 1.00 bits per heavy atom. The van der Waals surface area contributed by atoms with Crippen molar-refractivity contribution in [2.24, 2.45) is 0 Å². The average molecular weight is 319 g/mol. The summed E-state index contributed by atoms with van der Waals surface area (Å²) in [7, 11) is 3.90. The SMILES string of the molecule is CN(C)c1ccc(C=CC(=O)C2=C(O)c3ccccc3C2=O)cc1. The van der Waals surface area contributed by atoms with E-state index < -0.39 is 11.6 Å². The topological polar surface area (TPSA) is 57.6 Å². The van der Waals surface area contributed by atoms with Gasteiger partial charge in [0, 0.05) is 30.9 Å². The molecule has 3 rings (SSSR count). The van der Waals surface area contributed by atoms with Crippen molar-refractivity contribution in [1.82, 2.24) is 0 Å². The van der Waals surface area contributed by atoms with Crippen LogP contribution in [0.2, 0.25) is 0 Å². The third-order valence-corrected chi connectivity index (χ3v) is 3.97. The van der Waals surface area contributed by atoms with E-state index in [9.17, 15) is 14.7 Å². The predicted molar refractivity (Wildman–Crippen MR) is 95.1 cm³/mol. The lowest BCUT2D eigenvalue weighted by atomic mass is 10.0. The minimum Gasteiger partial charge on any atom is -0.506 e. The van der Waals surface area contributed by atoms with Crippen molar-refractivity contribution in [3.8, 4) is 0 Å². The van der Waals surface area contributed by atoms with Crippen LogP contribution in [0.4, 0.5) is 5.69 Å². The van der Waals surface area contributed by atoms with Crippen molar-refractivity contribution >= 4 is 29.1 Å². The molecule has 1 aliphatic rings. The molecule has 0 unspecified atom stereocenters. The van der Waals surface area contributed by atoms with Crippen LogP contribution in [-0.4, -0.2) is 30.8 Å². The van der Waals surface area contributed by atoms with E-state index in [2.05, 4.69) is 0 Å². The normalized spacial score (nSPS) is 13.5. The van der Waals surface area contributed by atoms with Crippen LogP contribution < -0.4 is 4.90 Å². The Labute approximate surface area is 140 Å². The molecule has 0 aliphatic heterocycles. The second-order valence-corrected chi connectivity index (χ2v) is 5.78. The molecule has 2 aromatic carbocycles. The number of carbonyl (C=O) groups excluding carboxylic acids is 2. The fourth-order valence-electron chi connectivity index (χ4n) is 2.63. The minimum absolute atomic E-state index is 0.169. The van der Waals surface area contributed by atoms with Crippen LogP contribution in [0.25, 0.3) is 11.8 Å². The van der Waals surface area contributed by atoms with E-state index in [4.69, 9.17) is 0 Å². The number of hydrogen-bond donors (Lipinski definition) is 1. The Bertz CT molecular complexity index is 874. The van der Waals surface area contributed by atoms with Crippen LogP contribution >= 0.6 is 0 Å². The molecule has 120 valence electrons. The van der Waals surface area contributed by atoms with E-state index >= 15 is 0 Å². The molecule has 4 nitrogen and oxygen atoms in total. The Balaban J connectivity index is 1.83. The van der Waals surface area contributed by atoms with Gasteiger partial charge in [-0.2, -0.15) is 0 Å². The van der Waals surface area contributed by atoms with Gasteiger partial charge in [-0.25, -0.2) is 0 Å². The van der Waals surface area contributed by atoms with E-state index in [0.717, 1.165) is 11.3 Å². The number of ketones is 2. The molecular weight excluding hydrogens is 302 g/mol. The van der Waals surface area contributed by atoms with E-state index in [1.54, 1.807) is 30.3 Å². The number of anilines is 1. The Kier molecular flexibility index (Phi) is 4.04. The zero-order valence-electron chi connectivity index (χ0n) is 13.5. The second-order valence-electron chi connectivity index (χ2n) is 5.78. The van der Waals surface area contributed by atoms with Gasteiger partial charge in [-0.15, -0.1) is 0 Å². The smallest absolute Gasteiger partial charge is 0.201 e. The molecule has 0 amide bonds. The number of aliphatic hydroxyl groups is 1. The number of aliphatic hydroxyl groups excluding tert-OH is 1. The predicted octanol–water partition coefficient (Wildman–Crippen LogP) is 3.50. The average Bonchev–Trinajstić information content (AvgIpc) is 2.85. The molecule has 0 bridgehead atoms. The van der Waals surface area contributed by atoms with E-state index in [-0.39, 0.29) is 11.3 Å². The van der Waals surface area contributed by atoms with Gasteiger partial charge in [0.15, 0.2) is 5.78 Å². The first kappa shape index (κ1) is 15.7. The first-order valence-electron chi connectivity index (χ1n) is 7.56. The first-order chi connectivity index (χ1) is 11.5. The van der Waals surface area contributed by atoms with Crippen LogP contribution in [0.15, 0.2) is 60.2 Å². The Hall–Kier alpha value is -3.14. The summed E-state index contributed by atoms with van der Waals surface area (Å²) in [5.41, 5.74) is 2.51. The van der Waals surface area contributed by atoms with Crippen LogP contribution in [0.1, 0.15) is 21.5 Å². The van der Waals surface area contributed by atoms with E-state index in [1.807, 2.05) is 43.3 Å². The van der Waals surface area contributed by atoms with Crippen molar-refractivity contribution in [3.63, 3.8) is 0 Å². The monoisotopic (exact) mass is 319 g/mol. The number of fused-ring (bicyclic) bond motifs is 1. The first-order valence-corrected chi connectivity index (χ1v) is 7.56. The van der Waals surface area contributed by atoms with Gasteiger partial charge in [0.2, 0.25) is 5.78 Å². The fraction of sp³-hybridized carbons (Fsp3) is 0.100. The third kappa shape index (κ3) is 2.74. The Morgan fingerprint density at radius 2 is 1.62 bits per heavy atom. The summed E-state index contributed by atoms with van der Waals surface area (Å²) in [5.74, 6) is -1.17. The number of rotatable bonds is 4. The highest BCUT2D eigenvalue weighted by Gasteiger charge is 2.32. The number of nitrogens with zero attached hydrogens (tertiary/aromatic N) is 1. The lowest BCUT2D eigenvalue weighted by molar-refractivity contribution is -0.110. The van der Waals surface area contributed by atoms with Crippen LogP contribution in [0.5, 0.6) is 0 Å². The number of hydrogen-bond acceptors (Lipinski definition) is 4. The lowest BCUT2D eigenvalue weighted by Gasteiger charge is -2.11. The zero-order chi connectivity index (χ0) is 17.3. The van der Waals surface area contributed by atoms with Gasteiger partial charge in [0.1, 0.15) is 11.3 Å². The van der Waals surface area contributed by atoms with Crippen molar-refractivity contribution in [1.29, 1.82) is 0 Å². The Morgan fingerprint density at radius 3 is 2.21 bits per heavy atom. The number of carbonyl (C=O) groups is 2. The molecular formula is C20H17NO3. The maximum Gasteiger partial charge on any atom is 0.201 e. The lowest BCUT2D eigenvalue weighted by Crippen LogP contribution is -2.08. The van der Waals surface area contributed by atoms with Gasteiger partial charge in [0.25, 0.3) is 0 Å². The summed E-state index contributed by atoms with van der Waals surface area (Å²) in [6.45, 7) is 0. The molecule has 0 saturated heterocycles. The molecule has 24 heavy (non-hydrogen) atoms. The number of Topliss-reactive ketones (excluding diaryl/α,β-unsaturated/α-hetero) is 1. The van der Waals surface area contributed by atoms with Gasteiger partial charge < -0.3 is 10.0 Å². The fourth-order valence-corrected chi connectivity index (χ4v) is 2.63. The zero-order valence-corrected chi connectivity index (χ0v) is 13.5. The van der Waals surface area contributed by atoms with Crippen molar-refractivity contribution in [3.05, 3.63) is 76.9 Å². The molecule has 4 heteroatoms. The third-order valence-electron chi connectivity index (χ3n) is 3.97. The second kappa shape index (κ2) is 6.16. The summed E-state index contributed by atoms with van der Waals surface area (Å²) in [4.78, 5) is 26.6. The molecule has 0 saturated carbocycles. The van der Waals surface area contributed by atoms with Crippen LogP contribution in [0, 0.1) is 0 Å². The molecule has 0 heterocycles. The van der Waals surface area contributed by atoms with Gasteiger partial charge >= 0.3 is 0 Å². The molecule has 0 radical (unpaired) electrons. The molecule has 0 aromatic heterocycles. The number of benzene rings is 2. The van der Waals surface area contributed by atoms with Crippen LogP contribution in [-0.2, 0) is 4.79 Å². The van der Waals surface area contributed by atoms with Crippen molar-refractivity contribution in [2.75, 3.05) is 19.0 Å². The highest BCUT2D eigenvalue weighted by Crippen LogP contribution is 2.31. The number of allylic oxidation sites excluding steroid dienone is 2. The molecule has 0 atom stereocenters. The van der Waals surface area contributed by atoms with Crippen molar-refractivity contribution in [2.45, 2.75) is 0 Å². The summed E-state index contributed by atoms with van der Waals surface area (Å²) in [6.07, 6.45) is 2.96. The summed E-state index contributed by atoms with van der Waals surface area (Å²) in [6, 6.07) is 14.3. The molecule has 1 aliphatic carbocycles. The van der Waals surface area contributed by atoms with Gasteiger partial charge in [0.05, 0.1) is 0 Å². The highest BCUT2D eigenvalue weighted by molar-refractivity contribution is 6.36. The summed E-state index contributed by atoms with van der Waals surface area (Å²) >= 11 is 0. The maximum absolute atomic E-state index is 12.3. The molecule has 1 N–H and O–H groups in total. The van der Waals surface area contributed by atoms with Crippen molar-refractivity contribution < 1.29 is 14.7 Å². The summed E-state index contributed by atoms with van der Waals surface area (Å²) in [5, 5.41) is 10.2. The van der Waals surface area contributed by atoms with E-state index in [0.29, 0.717) is 11.1 Å². The maximum atomic E-state index is 12.3. The largest absolute Gasteiger partial charge is 0.506 e. The van der Waals surface area contributed by atoms with Gasteiger partial charge in [-0.3, -0.25) is 9.59 Å². The standard InChI is InChI=1S/C20H17NO3/c1-21(2)14-10-7-13(8-11-14)9-12-17(22)18-19(23)15-5-3-4-6-16(15)20(18)24/h3-12,23H,1-2H3. The summed E-state index contributed by atoms with van der Waals surface area (Å²) < 4.78 is 0. The molecule has 0 spiro atoms. The molecule has 2 aromatic rings. The highest BCUT2D eigenvalue weighted by atomic mass is 16.3. The minimum atomic E-state index is -0.495. The van der Waals surface area contributed by atoms with E-state index in [1.165, 1.54) is 6.08 Å². The van der Waals surface area contributed by atoms with Gasteiger partial charge in [-0.1, -0.05) is 42.5 Å². The van der Waals surface area contributed by atoms with Crippen LogP contribution in [0.3, 0.4) is 0 Å². The quantitative estimate of drug-likeness (QED) is 0.692. The molecule has 0 fully saturated rings.